The van der Waals surface area contributed by atoms with Crippen molar-refractivity contribution in [1.82, 2.24) is 10.6 Å². The summed E-state index contributed by atoms with van der Waals surface area (Å²) in [4.78, 5) is 11.7. The van der Waals surface area contributed by atoms with Gasteiger partial charge in [0.1, 0.15) is 6.26 Å². The zero-order valence-electron chi connectivity index (χ0n) is 9.16. The molecule has 0 radical (unpaired) electrons. The second-order valence-corrected chi connectivity index (χ2v) is 4.42. The van der Waals surface area contributed by atoms with Crippen LogP contribution < -0.4 is 10.6 Å². The van der Waals surface area contributed by atoms with Crippen molar-refractivity contribution >= 4 is 34.2 Å². The van der Waals surface area contributed by atoms with Crippen LogP contribution in [0, 0.1) is 0 Å². The van der Waals surface area contributed by atoms with Crippen LogP contribution in [0.5, 0.6) is 0 Å². The maximum absolute atomic E-state index is 11.7. The summed E-state index contributed by atoms with van der Waals surface area (Å²) in [5.41, 5.74) is 1.82. The molecule has 4 nitrogen and oxygen atoms in total. The molecule has 94 valence electrons. The molecule has 2 heterocycles. The van der Waals surface area contributed by atoms with Crippen LogP contribution in [0.3, 0.4) is 0 Å². The SMILES string of the molecule is Cl.O=C(NCC1=CCNCC1)c1coc(Br)c1. The van der Waals surface area contributed by atoms with Crippen LogP contribution in [0.4, 0.5) is 0 Å². The molecule has 1 aromatic heterocycles. The fraction of sp³-hybridized carbons (Fsp3) is 0.364. The number of hydrogen-bond acceptors (Lipinski definition) is 3. The van der Waals surface area contributed by atoms with Crippen LogP contribution in [0.25, 0.3) is 0 Å². The van der Waals surface area contributed by atoms with Crippen LogP contribution in [0.15, 0.2) is 33.1 Å². The fourth-order valence-electron chi connectivity index (χ4n) is 1.56. The van der Waals surface area contributed by atoms with Gasteiger partial charge in [0.05, 0.1) is 5.56 Å². The lowest BCUT2D eigenvalue weighted by Gasteiger charge is -2.14. The van der Waals surface area contributed by atoms with Gasteiger partial charge in [0.15, 0.2) is 4.67 Å². The van der Waals surface area contributed by atoms with E-state index >= 15 is 0 Å². The molecule has 1 amide bonds. The number of carbonyl (C=O) groups excluding carboxylic acids is 1. The first-order valence-electron chi connectivity index (χ1n) is 5.16. The molecular weight excluding hydrogens is 307 g/mol. The molecule has 0 spiro atoms. The summed E-state index contributed by atoms with van der Waals surface area (Å²) in [6.45, 7) is 2.49. The molecule has 1 aliphatic rings. The lowest BCUT2D eigenvalue weighted by molar-refractivity contribution is 0.0956. The molecule has 0 unspecified atom stereocenters. The highest BCUT2D eigenvalue weighted by molar-refractivity contribution is 9.10. The number of furan rings is 1. The number of carbonyl (C=O) groups is 1. The molecule has 6 heteroatoms. The van der Waals surface area contributed by atoms with Gasteiger partial charge in [-0.1, -0.05) is 11.6 Å². The molecule has 0 fully saturated rings. The van der Waals surface area contributed by atoms with Gasteiger partial charge in [-0.2, -0.15) is 0 Å². The van der Waals surface area contributed by atoms with E-state index in [1.54, 1.807) is 6.07 Å². The Balaban J connectivity index is 0.00000144. The molecule has 1 aromatic rings. The van der Waals surface area contributed by atoms with Gasteiger partial charge in [-0.05, 0) is 28.9 Å². The van der Waals surface area contributed by atoms with Gasteiger partial charge in [-0.25, -0.2) is 0 Å². The van der Waals surface area contributed by atoms with Crippen molar-refractivity contribution in [3.8, 4) is 0 Å². The normalized spacial score (nSPS) is 14.8. The summed E-state index contributed by atoms with van der Waals surface area (Å²) in [5.74, 6) is -0.103. The average molecular weight is 322 g/mol. The summed E-state index contributed by atoms with van der Waals surface area (Å²) in [5, 5.41) is 6.09. The number of rotatable bonds is 3. The second kappa shape index (κ2) is 6.83. The predicted octanol–water partition coefficient (Wildman–Crippen LogP) is 2.11. The van der Waals surface area contributed by atoms with Gasteiger partial charge < -0.3 is 15.1 Å². The molecule has 1 aliphatic heterocycles. The minimum atomic E-state index is -0.103. The molecule has 0 aromatic carbocycles. The largest absolute Gasteiger partial charge is 0.457 e. The van der Waals surface area contributed by atoms with Gasteiger partial charge >= 0.3 is 0 Å². The van der Waals surface area contributed by atoms with Crippen molar-refractivity contribution in [2.24, 2.45) is 0 Å². The molecule has 0 atom stereocenters. The quantitative estimate of drug-likeness (QED) is 0.839. The number of hydrogen-bond donors (Lipinski definition) is 2. The van der Waals surface area contributed by atoms with Crippen molar-refractivity contribution in [3.05, 3.63) is 34.2 Å². The standard InChI is InChI=1S/C11H13BrN2O2.ClH/c12-10-5-9(7-16-10)11(15)14-6-8-1-3-13-4-2-8;/h1,5,7,13H,2-4,6H2,(H,14,15);1H. The monoisotopic (exact) mass is 320 g/mol. The third-order valence-electron chi connectivity index (χ3n) is 2.46. The lowest BCUT2D eigenvalue weighted by atomic mass is 10.1. The van der Waals surface area contributed by atoms with E-state index in [4.69, 9.17) is 4.42 Å². The van der Waals surface area contributed by atoms with E-state index in [2.05, 4.69) is 32.6 Å². The van der Waals surface area contributed by atoms with E-state index in [1.807, 2.05) is 0 Å². The van der Waals surface area contributed by atoms with Gasteiger partial charge in [0.2, 0.25) is 0 Å². The van der Waals surface area contributed by atoms with E-state index in [9.17, 15) is 4.79 Å². The van der Waals surface area contributed by atoms with Crippen LogP contribution in [-0.4, -0.2) is 25.5 Å². The Morgan fingerprint density at radius 1 is 1.59 bits per heavy atom. The Morgan fingerprint density at radius 2 is 2.41 bits per heavy atom. The molecular formula is C11H14BrClN2O2. The molecule has 17 heavy (non-hydrogen) atoms. The van der Waals surface area contributed by atoms with Crippen molar-refractivity contribution in [2.75, 3.05) is 19.6 Å². The zero-order valence-corrected chi connectivity index (χ0v) is 11.6. The fourth-order valence-corrected chi connectivity index (χ4v) is 1.90. The molecule has 0 saturated heterocycles. The first-order valence-corrected chi connectivity index (χ1v) is 5.96. The van der Waals surface area contributed by atoms with E-state index in [0.717, 1.165) is 19.5 Å². The third kappa shape index (κ3) is 4.18. The number of nitrogens with one attached hydrogen (secondary N) is 2. The van der Waals surface area contributed by atoms with Crippen molar-refractivity contribution < 1.29 is 9.21 Å². The first-order chi connectivity index (χ1) is 7.75. The van der Waals surface area contributed by atoms with E-state index in [1.165, 1.54) is 11.8 Å². The Morgan fingerprint density at radius 3 is 3.00 bits per heavy atom. The maximum atomic E-state index is 11.7. The summed E-state index contributed by atoms with van der Waals surface area (Å²) in [6.07, 6.45) is 4.56. The van der Waals surface area contributed by atoms with Crippen LogP contribution >= 0.6 is 28.3 Å². The maximum Gasteiger partial charge on any atom is 0.254 e. The average Bonchev–Trinajstić information content (AvgIpc) is 2.74. The lowest BCUT2D eigenvalue weighted by Crippen LogP contribution is -2.29. The Bertz CT molecular complexity index is 417. The molecule has 2 N–H and O–H groups in total. The Labute approximate surface area is 114 Å². The second-order valence-electron chi connectivity index (χ2n) is 3.64. The van der Waals surface area contributed by atoms with Crippen LogP contribution in [0.2, 0.25) is 0 Å². The molecule has 0 saturated carbocycles. The van der Waals surface area contributed by atoms with Crippen molar-refractivity contribution in [1.29, 1.82) is 0 Å². The minimum absolute atomic E-state index is 0. The van der Waals surface area contributed by atoms with Crippen LogP contribution in [0.1, 0.15) is 16.8 Å². The highest BCUT2D eigenvalue weighted by Crippen LogP contribution is 2.13. The van der Waals surface area contributed by atoms with Crippen molar-refractivity contribution in [2.45, 2.75) is 6.42 Å². The molecule has 0 aliphatic carbocycles. The smallest absolute Gasteiger partial charge is 0.254 e. The van der Waals surface area contributed by atoms with Gasteiger partial charge in [-0.15, -0.1) is 12.4 Å². The molecule has 2 rings (SSSR count). The van der Waals surface area contributed by atoms with Gasteiger partial charge in [0.25, 0.3) is 5.91 Å². The Kier molecular flexibility index (Phi) is 5.74. The predicted molar refractivity (Wildman–Crippen MR) is 71.6 cm³/mol. The topological polar surface area (TPSA) is 54.3 Å². The third-order valence-corrected chi connectivity index (χ3v) is 2.88. The number of halogens is 2. The van der Waals surface area contributed by atoms with E-state index in [-0.39, 0.29) is 18.3 Å². The summed E-state index contributed by atoms with van der Waals surface area (Å²) in [7, 11) is 0. The highest BCUT2D eigenvalue weighted by Gasteiger charge is 2.10. The highest BCUT2D eigenvalue weighted by atomic mass is 79.9. The molecule has 0 bridgehead atoms. The summed E-state index contributed by atoms with van der Waals surface area (Å²) < 4.78 is 5.58. The number of amides is 1. The van der Waals surface area contributed by atoms with Crippen molar-refractivity contribution in [3.63, 3.8) is 0 Å². The first kappa shape index (κ1) is 14.3. The van der Waals surface area contributed by atoms with Crippen LogP contribution in [-0.2, 0) is 0 Å². The summed E-state index contributed by atoms with van der Waals surface area (Å²) in [6, 6.07) is 1.66. The summed E-state index contributed by atoms with van der Waals surface area (Å²) >= 11 is 3.16. The minimum Gasteiger partial charge on any atom is -0.457 e. The Hall–Kier alpha value is -0.780. The van der Waals surface area contributed by atoms with Gasteiger partial charge in [0, 0.05) is 19.2 Å². The van der Waals surface area contributed by atoms with E-state index in [0.29, 0.717) is 16.8 Å². The van der Waals surface area contributed by atoms with E-state index < -0.39 is 0 Å². The zero-order chi connectivity index (χ0) is 11.4. The van der Waals surface area contributed by atoms with Gasteiger partial charge in [-0.3, -0.25) is 4.79 Å².